The van der Waals surface area contributed by atoms with Crippen LogP contribution in [-0.4, -0.2) is 19.7 Å². The maximum absolute atomic E-state index is 4.75. The first-order chi connectivity index (χ1) is 12.8. The van der Waals surface area contributed by atoms with E-state index < -0.39 is 0 Å². The van der Waals surface area contributed by atoms with E-state index in [1.54, 1.807) is 34.4 Å². The Morgan fingerprint density at radius 3 is 2.73 bits per heavy atom. The minimum Gasteiger partial charge on any atom is -0.302 e. The van der Waals surface area contributed by atoms with Gasteiger partial charge in [-0.3, -0.25) is 0 Å². The third-order valence-corrected chi connectivity index (χ3v) is 6.98. The van der Waals surface area contributed by atoms with Crippen molar-refractivity contribution in [2.24, 2.45) is 0 Å². The van der Waals surface area contributed by atoms with Gasteiger partial charge in [0.25, 0.3) is 0 Å². The molecule has 1 aromatic carbocycles. The van der Waals surface area contributed by atoms with Crippen molar-refractivity contribution in [3.63, 3.8) is 0 Å². The Morgan fingerprint density at radius 2 is 1.96 bits per heavy atom. The van der Waals surface area contributed by atoms with Gasteiger partial charge >= 0.3 is 0 Å². The fraction of sp³-hybridized carbons (Fsp3) is 0.211. The molecule has 3 aromatic heterocycles. The van der Waals surface area contributed by atoms with Crippen molar-refractivity contribution in [2.45, 2.75) is 31.3 Å². The minimum absolute atomic E-state index is 0.799. The lowest BCUT2D eigenvalue weighted by molar-refractivity contribution is 0.687. The van der Waals surface area contributed by atoms with Gasteiger partial charge in [0.05, 0.1) is 10.6 Å². The summed E-state index contributed by atoms with van der Waals surface area (Å²) in [6.07, 6.45) is 0. The summed E-state index contributed by atoms with van der Waals surface area (Å²) in [5.41, 5.74) is 3.44. The second-order valence-electron chi connectivity index (χ2n) is 5.78. The lowest BCUT2D eigenvalue weighted by Crippen LogP contribution is -2.00. The number of aromatic nitrogens is 4. The van der Waals surface area contributed by atoms with Gasteiger partial charge < -0.3 is 4.57 Å². The van der Waals surface area contributed by atoms with Crippen LogP contribution in [0.3, 0.4) is 0 Å². The van der Waals surface area contributed by atoms with Crippen LogP contribution < -0.4 is 0 Å². The van der Waals surface area contributed by atoms with E-state index in [9.17, 15) is 0 Å². The first-order valence-electron chi connectivity index (χ1n) is 8.36. The highest BCUT2D eigenvalue weighted by Gasteiger charge is 2.15. The molecule has 0 saturated carbocycles. The van der Waals surface area contributed by atoms with E-state index in [1.807, 2.05) is 6.07 Å². The number of thiazole rings is 1. The monoisotopic (exact) mass is 398 g/mol. The Kier molecular flexibility index (Phi) is 5.19. The Labute approximate surface area is 165 Å². The van der Waals surface area contributed by atoms with Crippen molar-refractivity contribution in [2.75, 3.05) is 0 Å². The van der Waals surface area contributed by atoms with Crippen LogP contribution in [0.5, 0.6) is 0 Å². The van der Waals surface area contributed by atoms with Gasteiger partial charge in [0.15, 0.2) is 11.0 Å². The van der Waals surface area contributed by atoms with Crippen LogP contribution in [0.15, 0.2) is 52.3 Å². The van der Waals surface area contributed by atoms with Gasteiger partial charge in [-0.1, -0.05) is 42.1 Å². The second kappa shape index (κ2) is 7.73. The van der Waals surface area contributed by atoms with Crippen LogP contribution in [-0.2, 0) is 12.3 Å². The number of benzene rings is 1. The summed E-state index contributed by atoms with van der Waals surface area (Å²) in [6.45, 7) is 5.08. The Morgan fingerprint density at radius 1 is 1.08 bits per heavy atom. The van der Waals surface area contributed by atoms with E-state index in [1.165, 1.54) is 10.4 Å². The molecule has 0 unspecified atom stereocenters. The van der Waals surface area contributed by atoms with Crippen molar-refractivity contribution >= 4 is 34.4 Å². The number of hydrogen-bond acceptors (Lipinski definition) is 6. The van der Waals surface area contributed by atoms with Gasteiger partial charge in [-0.05, 0) is 30.9 Å². The fourth-order valence-corrected chi connectivity index (χ4v) is 5.36. The molecule has 0 amide bonds. The predicted octanol–water partition coefficient (Wildman–Crippen LogP) is 5.75. The van der Waals surface area contributed by atoms with Crippen LogP contribution in [0, 0.1) is 6.92 Å². The van der Waals surface area contributed by atoms with Crippen LogP contribution in [0.25, 0.3) is 21.3 Å². The van der Waals surface area contributed by atoms with Crippen molar-refractivity contribution in [1.29, 1.82) is 0 Å². The third-order valence-electron chi connectivity index (χ3n) is 4.05. The minimum atomic E-state index is 0.799. The molecule has 7 heteroatoms. The number of nitrogens with zero attached hydrogens (tertiary/aromatic N) is 4. The molecular formula is C19H18N4S3. The molecule has 0 atom stereocenters. The van der Waals surface area contributed by atoms with Crippen molar-refractivity contribution < 1.29 is 0 Å². The summed E-state index contributed by atoms with van der Waals surface area (Å²) < 4.78 is 2.18. The Balaban J connectivity index is 1.53. The first-order valence-corrected chi connectivity index (χ1v) is 11.1. The predicted molar refractivity (Wildman–Crippen MR) is 111 cm³/mol. The largest absolute Gasteiger partial charge is 0.302 e. The van der Waals surface area contributed by atoms with Crippen LogP contribution >= 0.6 is 34.4 Å². The quantitative estimate of drug-likeness (QED) is 0.388. The zero-order chi connectivity index (χ0) is 17.9. The summed E-state index contributed by atoms with van der Waals surface area (Å²) in [5.74, 6) is 1.74. The summed E-state index contributed by atoms with van der Waals surface area (Å²) in [5, 5.41) is 15.1. The van der Waals surface area contributed by atoms with Crippen molar-refractivity contribution in [3.05, 3.63) is 58.4 Å². The molecule has 0 radical (unpaired) electrons. The molecular weight excluding hydrogens is 380 g/mol. The zero-order valence-corrected chi connectivity index (χ0v) is 17.0. The van der Waals surface area contributed by atoms with Crippen molar-refractivity contribution in [3.8, 4) is 21.3 Å². The molecule has 0 aliphatic rings. The van der Waals surface area contributed by atoms with Gasteiger partial charge in [-0.25, -0.2) is 4.98 Å². The molecule has 0 spiro atoms. The van der Waals surface area contributed by atoms with Gasteiger partial charge in [0.1, 0.15) is 5.01 Å². The maximum Gasteiger partial charge on any atom is 0.191 e. The highest BCUT2D eigenvalue weighted by molar-refractivity contribution is 7.98. The number of thiophene rings is 1. The fourth-order valence-electron chi connectivity index (χ4n) is 2.73. The standard InChI is InChI=1S/C19H18N4S3/c1-3-23-17(15-8-5-4-7-13(15)2)21-22-19(23)26-12-14-11-25-18(20-14)16-9-6-10-24-16/h4-11H,3,12H2,1-2H3. The third kappa shape index (κ3) is 3.47. The molecule has 132 valence electrons. The summed E-state index contributed by atoms with van der Waals surface area (Å²) in [6, 6.07) is 12.5. The highest BCUT2D eigenvalue weighted by Crippen LogP contribution is 2.31. The number of rotatable bonds is 6. The van der Waals surface area contributed by atoms with Crippen LogP contribution in [0.1, 0.15) is 18.2 Å². The molecule has 0 saturated heterocycles. The molecule has 0 fully saturated rings. The lowest BCUT2D eigenvalue weighted by Gasteiger charge is -2.08. The van der Waals surface area contributed by atoms with Gasteiger partial charge in [-0.15, -0.1) is 32.9 Å². The normalized spacial score (nSPS) is 11.2. The molecule has 26 heavy (non-hydrogen) atoms. The lowest BCUT2D eigenvalue weighted by atomic mass is 10.1. The van der Waals surface area contributed by atoms with E-state index >= 15 is 0 Å². The second-order valence-corrected chi connectivity index (χ2v) is 8.52. The van der Waals surface area contributed by atoms with Crippen LogP contribution in [0.2, 0.25) is 0 Å². The SMILES string of the molecule is CCn1c(SCc2csc(-c3cccs3)n2)nnc1-c1ccccc1C. The molecule has 0 N–H and O–H groups in total. The first kappa shape index (κ1) is 17.5. The highest BCUT2D eigenvalue weighted by atomic mass is 32.2. The van der Waals surface area contributed by atoms with E-state index in [0.717, 1.165) is 39.5 Å². The van der Waals surface area contributed by atoms with E-state index in [2.05, 4.69) is 69.7 Å². The molecule has 0 bridgehead atoms. The maximum atomic E-state index is 4.75. The van der Waals surface area contributed by atoms with Crippen LogP contribution in [0.4, 0.5) is 0 Å². The molecule has 0 aliphatic carbocycles. The molecule has 0 aliphatic heterocycles. The average Bonchev–Trinajstić information content (AvgIpc) is 3.39. The molecule has 4 rings (SSSR count). The van der Waals surface area contributed by atoms with Crippen molar-refractivity contribution in [1.82, 2.24) is 19.7 Å². The zero-order valence-electron chi connectivity index (χ0n) is 14.5. The number of thioether (sulfide) groups is 1. The van der Waals surface area contributed by atoms with E-state index in [4.69, 9.17) is 4.98 Å². The summed E-state index contributed by atoms with van der Waals surface area (Å²) >= 11 is 5.12. The summed E-state index contributed by atoms with van der Waals surface area (Å²) in [4.78, 5) is 5.98. The molecule has 4 aromatic rings. The van der Waals surface area contributed by atoms with Gasteiger partial charge in [-0.2, -0.15) is 0 Å². The van der Waals surface area contributed by atoms with E-state index in [-0.39, 0.29) is 0 Å². The Bertz CT molecular complexity index is 1000. The smallest absolute Gasteiger partial charge is 0.191 e. The number of aryl methyl sites for hydroxylation is 1. The number of hydrogen-bond donors (Lipinski definition) is 0. The Hall–Kier alpha value is -1.96. The van der Waals surface area contributed by atoms with Gasteiger partial charge in [0, 0.05) is 23.2 Å². The topological polar surface area (TPSA) is 43.6 Å². The molecule has 4 nitrogen and oxygen atoms in total. The van der Waals surface area contributed by atoms with E-state index in [0.29, 0.717) is 0 Å². The van der Waals surface area contributed by atoms with Gasteiger partial charge in [0.2, 0.25) is 0 Å². The average molecular weight is 399 g/mol. The molecule has 3 heterocycles. The summed E-state index contributed by atoms with van der Waals surface area (Å²) in [7, 11) is 0.